The van der Waals surface area contributed by atoms with Gasteiger partial charge in [0.25, 0.3) is 0 Å². The van der Waals surface area contributed by atoms with Crippen LogP contribution in [0.4, 0.5) is 5.69 Å². The summed E-state index contributed by atoms with van der Waals surface area (Å²) >= 11 is 0. The van der Waals surface area contributed by atoms with Crippen molar-refractivity contribution in [2.75, 3.05) is 26.6 Å². The summed E-state index contributed by atoms with van der Waals surface area (Å²) in [6, 6.07) is 13.6. The Kier molecular flexibility index (Phi) is 5.66. The van der Waals surface area contributed by atoms with Gasteiger partial charge in [-0.3, -0.25) is 4.57 Å². The van der Waals surface area contributed by atoms with Gasteiger partial charge in [0.1, 0.15) is 11.5 Å². The van der Waals surface area contributed by atoms with Crippen molar-refractivity contribution in [1.29, 1.82) is 0 Å². The van der Waals surface area contributed by atoms with E-state index >= 15 is 0 Å². The highest BCUT2D eigenvalue weighted by molar-refractivity contribution is 7.54. The lowest BCUT2D eigenvalue weighted by Crippen LogP contribution is -2.13. The molecule has 0 fully saturated rings. The van der Waals surface area contributed by atoms with Gasteiger partial charge in [0, 0.05) is 19.9 Å². The predicted octanol–water partition coefficient (Wildman–Crippen LogP) is 4.00. The van der Waals surface area contributed by atoms with Gasteiger partial charge in [-0.1, -0.05) is 12.1 Å². The average Bonchev–Trinajstić information content (AvgIpc) is 2.60. The number of anilines is 1. The number of ether oxygens (including phenoxy) is 1. The van der Waals surface area contributed by atoms with Gasteiger partial charge >= 0.3 is 7.60 Å². The number of rotatable bonds is 7. The van der Waals surface area contributed by atoms with Crippen LogP contribution in [0.1, 0.15) is 11.3 Å². The summed E-state index contributed by atoms with van der Waals surface area (Å²) in [6.45, 7) is 0. The van der Waals surface area contributed by atoms with E-state index < -0.39 is 13.4 Å². The fourth-order valence-corrected chi connectivity index (χ4v) is 3.55. The monoisotopic (exact) mass is 337 g/mol. The van der Waals surface area contributed by atoms with Crippen LogP contribution in [-0.2, 0) is 13.6 Å². The molecule has 2 rings (SSSR count). The molecular weight excluding hydrogens is 317 g/mol. The number of hydrogen-bond donors (Lipinski definition) is 2. The van der Waals surface area contributed by atoms with Gasteiger partial charge in [0.2, 0.25) is 0 Å². The molecule has 2 aromatic rings. The molecule has 2 N–H and O–H groups in total. The summed E-state index contributed by atoms with van der Waals surface area (Å²) in [7, 11) is 0.834. The van der Waals surface area contributed by atoms with Gasteiger partial charge < -0.3 is 24.2 Å². The quantitative estimate of drug-likeness (QED) is 0.744. The maximum Gasteiger partial charge on any atom is 0.356 e. The number of aromatic hydroxyl groups is 1. The lowest BCUT2D eigenvalue weighted by atomic mass is 10.2. The second-order valence-electron chi connectivity index (χ2n) is 4.77. The molecule has 1 atom stereocenters. The minimum absolute atomic E-state index is 0.126. The van der Waals surface area contributed by atoms with E-state index in [0.29, 0.717) is 5.56 Å². The first-order chi connectivity index (χ1) is 11.0. The second-order valence-corrected chi connectivity index (χ2v) is 7.10. The number of phenolic OH excluding ortho intramolecular Hbond substituents is 1. The van der Waals surface area contributed by atoms with E-state index in [4.69, 9.17) is 13.8 Å². The Morgan fingerprint density at radius 3 is 2.00 bits per heavy atom. The van der Waals surface area contributed by atoms with Gasteiger partial charge in [-0.2, -0.15) is 0 Å². The van der Waals surface area contributed by atoms with E-state index in [2.05, 4.69) is 5.32 Å². The van der Waals surface area contributed by atoms with Crippen molar-refractivity contribution >= 4 is 13.3 Å². The maximum absolute atomic E-state index is 12.9. The molecule has 0 aliphatic rings. The normalized spacial score (nSPS) is 12.7. The molecule has 0 amide bonds. The highest BCUT2D eigenvalue weighted by Crippen LogP contribution is 2.59. The summed E-state index contributed by atoms with van der Waals surface area (Å²) in [5.41, 5.74) is 1.41. The Morgan fingerprint density at radius 2 is 1.52 bits per heavy atom. The molecule has 124 valence electrons. The van der Waals surface area contributed by atoms with Crippen molar-refractivity contribution in [2.45, 2.75) is 5.78 Å². The molecule has 0 spiro atoms. The van der Waals surface area contributed by atoms with Gasteiger partial charge in [0.05, 0.1) is 7.11 Å². The van der Waals surface area contributed by atoms with E-state index in [1.807, 2.05) is 12.1 Å². The van der Waals surface area contributed by atoms with Gasteiger partial charge in [0.15, 0.2) is 5.78 Å². The number of phenols is 1. The third kappa shape index (κ3) is 4.05. The Bertz CT molecular complexity index is 664. The first-order valence-corrected chi connectivity index (χ1v) is 8.54. The zero-order valence-corrected chi connectivity index (χ0v) is 14.1. The second kappa shape index (κ2) is 7.51. The average molecular weight is 337 g/mol. The molecule has 0 heterocycles. The lowest BCUT2D eigenvalue weighted by Gasteiger charge is -2.26. The fraction of sp³-hybridized carbons (Fsp3) is 0.250. The molecule has 7 heteroatoms. The molecule has 6 nitrogen and oxygen atoms in total. The molecule has 0 aliphatic carbocycles. The van der Waals surface area contributed by atoms with Crippen molar-refractivity contribution in [3.8, 4) is 11.5 Å². The van der Waals surface area contributed by atoms with Gasteiger partial charge in [-0.25, -0.2) is 0 Å². The molecule has 0 aromatic heterocycles. The van der Waals surface area contributed by atoms with Crippen molar-refractivity contribution in [3.05, 3.63) is 54.1 Å². The SMILES string of the molecule is COc1ccc(N[C@H](c2ccc(O)cc2)P(=O)(OC)OC)cc1. The highest BCUT2D eigenvalue weighted by Gasteiger charge is 2.35. The minimum Gasteiger partial charge on any atom is -0.508 e. The van der Waals surface area contributed by atoms with Crippen LogP contribution in [0.25, 0.3) is 0 Å². The molecule has 0 radical (unpaired) electrons. The van der Waals surface area contributed by atoms with Crippen LogP contribution in [0, 0.1) is 0 Å². The van der Waals surface area contributed by atoms with Crippen LogP contribution in [0.2, 0.25) is 0 Å². The number of methoxy groups -OCH3 is 1. The van der Waals surface area contributed by atoms with Crippen molar-refractivity contribution in [1.82, 2.24) is 0 Å². The Labute approximate surface area is 135 Å². The number of benzene rings is 2. The van der Waals surface area contributed by atoms with E-state index in [1.165, 1.54) is 26.4 Å². The first-order valence-electron chi connectivity index (χ1n) is 6.93. The third-order valence-electron chi connectivity index (χ3n) is 3.43. The Morgan fingerprint density at radius 1 is 0.957 bits per heavy atom. The molecule has 23 heavy (non-hydrogen) atoms. The Hall–Kier alpha value is -2.01. The molecule has 0 saturated carbocycles. The van der Waals surface area contributed by atoms with Gasteiger partial charge in [-0.15, -0.1) is 0 Å². The largest absolute Gasteiger partial charge is 0.508 e. The molecule has 0 aliphatic heterocycles. The molecule has 0 unspecified atom stereocenters. The summed E-state index contributed by atoms with van der Waals surface area (Å²) < 4.78 is 28.3. The first kappa shape index (κ1) is 17.3. The summed E-state index contributed by atoms with van der Waals surface area (Å²) in [5, 5.41) is 12.6. The van der Waals surface area contributed by atoms with Crippen LogP contribution in [0.5, 0.6) is 11.5 Å². The van der Waals surface area contributed by atoms with Crippen molar-refractivity contribution in [2.24, 2.45) is 0 Å². The predicted molar refractivity (Wildman–Crippen MR) is 89.1 cm³/mol. The number of nitrogens with one attached hydrogen (secondary N) is 1. The zero-order chi connectivity index (χ0) is 16.9. The Balaban J connectivity index is 2.36. The van der Waals surface area contributed by atoms with Gasteiger partial charge in [-0.05, 0) is 42.0 Å². The van der Waals surface area contributed by atoms with Crippen molar-refractivity contribution in [3.63, 3.8) is 0 Å². The van der Waals surface area contributed by atoms with Crippen LogP contribution in [0.15, 0.2) is 48.5 Å². The minimum atomic E-state index is -3.44. The topological polar surface area (TPSA) is 77.0 Å². The third-order valence-corrected chi connectivity index (χ3v) is 5.51. The fourth-order valence-electron chi connectivity index (χ4n) is 2.13. The van der Waals surface area contributed by atoms with Crippen LogP contribution in [0.3, 0.4) is 0 Å². The van der Waals surface area contributed by atoms with E-state index in [1.54, 1.807) is 31.4 Å². The summed E-state index contributed by atoms with van der Waals surface area (Å²) in [6.07, 6.45) is 0. The maximum atomic E-state index is 12.9. The lowest BCUT2D eigenvalue weighted by molar-refractivity contribution is 0.268. The molecule has 0 saturated heterocycles. The van der Waals surface area contributed by atoms with Crippen LogP contribution >= 0.6 is 7.60 Å². The summed E-state index contributed by atoms with van der Waals surface area (Å²) in [4.78, 5) is 0. The van der Waals surface area contributed by atoms with E-state index in [9.17, 15) is 9.67 Å². The highest BCUT2D eigenvalue weighted by atomic mass is 31.2. The molecule has 2 aromatic carbocycles. The van der Waals surface area contributed by atoms with Crippen LogP contribution in [-0.4, -0.2) is 26.4 Å². The molecular formula is C16H20NO5P. The molecule has 0 bridgehead atoms. The van der Waals surface area contributed by atoms with Crippen molar-refractivity contribution < 1.29 is 23.5 Å². The van der Waals surface area contributed by atoms with E-state index in [-0.39, 0.29) is 5.75 Å². The van der Waals surface area contributed by atoms with Crippen LogP contribution < -0.4 is 10.1 Å². The number of hydrogen-bond acceptors (Lipinski definition) is 6. The van der Waals surface area contributed by atoms with E-state index in [0.717, 1.165) is 11.4 Å². The summed E-state index contributed by atoms with van der Waals surface area (Å²) in [5.74, 6) is 0.131. The zero-order valence-electron chi connectivity index (χ0n) is 13.2. The standard InChI is InChI=1S/C16H20NO5P/c1-20-15-10-6-13(7-11-15)17-16(23(19,21-2)22-3)12-4-8-14(18)9-5-12/h4-11,16-18H,1-3H3/t16-/m0/s1. The smallest absolute Gasteiger partial charge is 0.356 e.